The van der Waals surface area contributed by atoms with Crippen LogP contribution in [-0.2, 0) is 0 Å². The summed E-state index contributed by atoms with van der Waals surface area (Å²) in [6.45, 7) is 4.55. The first-order valence-electron chi connectivity index (χ1n) is 6.67. The van der Waals surface area contributed by atoms with E-state index in [4.69, 9.17) is 5.11 Å². The Labute approximate surface area is 117 Å². The number of hydrogen-bond acceptors (Lipinski definition) is 2. The van der Waals surface area contributed by atoms with E-state index < -0.39 is 11.8 Å². The molecule has 104 valence electrons. The molecule has 0 spiro atoms. The van der Waals surface area contributed by atoms with Crippen molar-refractivity contribution in [1.29, 1.82) is 0 Å². The normalized spacial score (nSPS) is 27.2. The molecule has 0 radical (unpaired) electrons. The molecule has 1 aromatic carbocycles. The molecule has 3 atom stereocenters. The molecule has 3 unspecified atom stereocenters. The van der Waals surface area contributed by atoms with Crippen molar-refractivity contribution >= 4 is 17.7 Å². The van der Waals surface area contributed by atoms with Gasteiger partial charge in [-0.15, -0.1) is 11.8 Å². The highest BCUT2D eigenvalue weighted by Crippen LogP contribution is 2.39. The summed E-state index contributed by atoms with van der Waals surface area (Å²) < 4.78 is 13.3. The lowest BCUT2D eigenvalue weighted by atomic mass is 9.81. The van der Waals surface area contributed by atoms with Crippen molar-refractivity contribution < 1.29 is 14.3 Å². The lowest BCUT2D eigenvalue weighted by Crippen LogP contribution is -2.22. The van der Waals surface area contributed by atoms with Crippen LogP contribution in [0.5, 0.6) is 0 Å². The smallest absolute Gasteiger partial charge is 0.338 e. The van der Waals surface area contributed by atoms with E-state index in [0.29, 0.717) is 11.2 Å². The molecule has 1 fully saturated rings. The molecule has 1 aliphatic rings. The molecule has 19 heavy (non-hydrogen) atoms. The van der Waals surface area contributed by atoms with E-state index in [9.17, 15) is 9.18 Å². The van der Waals surface area contributed by atoms with Crippen LogP contribution >= 0.6 is 11.8 Å². The molecule has 0 bridgehead atoms. The van der Waals surface area contributed by atoms with Gasteiger partial charge in [-0.1, -0.05) is 13.8 Å². The Bertz CT molecular complexity index is 475. The van der Waals surface area contributed by atoms with Gasteiger partial charge in [0.05, 0.1) is 5.56 Å². The highest BCUT2D eigenvalue weighted by Gasteiger charge is 2.25. The van der Waals surface area contributed by atoms with Gasteiger partial charge in [-0.05, 0) is 49.3 Å². The number of thioether (sulfide) groups is 1. The maximum absolute atomic E-state index is 13.3. The van der Waals surface area contributed by atoms with Crippen LogP contribution in [0.25, 0.3) is 0 Å². The Hall–Kier alpha value is -1.03. The molecule has 2 nitrogen and oxygen atoms in total. The quantitative estimate of drug-likeness (QED) is 0.890. The molecule has 0 amide bonds. The van der Waals surface area contributed by atoms with Crippen molar-refractivity contribution in [2.24, 2.45) is 11.8 Å². The zero-order valence-corrected chi connectivity index (χ0v) is 12.0. The highest BCUT2D eigenvalue weighted by molar-refractivity contribution is 8.00. The Morgan fingerprint density at radius 2 is 2.05 bits per heavy atom. The first-order chi connectivity index (χ1) is 8.97. The molecular weight excluding hydrogens is 263 g/mol. The molecule has 0 aromatic heterocycles. The summed E-state index contributed by atoms with van der Waals surface area (Å²) in [5.74, 6) is -0.404. The van der Waals surface area contributed by atoms with Crippen molar-refractivity contribution in [2.75, 3.05) is 0 Å². The summed E-state index contributed by atoms with van der Waals surface area (Å²) in [6, 6.07) is 4.38. The summed E-state index contributed by atoms with van der Waals surface area (Å²) in [6.07, 6.45) is 3.51. The van der Waals surface area contributed by atoms with Crippen LogP contribution in [-0.4, -0.2) is 16.3 Å². The van der Waals surface area contributed by atoms with Gasteiger partial charge in [0.25, 0.3) is 0 Å². The minimum absolute atomic E-state index is 0.234. The number of aromatic carboxylic acids is 1. The topological polar surface area (TPSA) is 37.3 Å². The fourth-order valence-corrected chi connectivity index (χ4v) is 3.91. The molecule has 1 aliphatic carbocycles. The van der Waals surface area contributed by atoms with Crippen LogP contribution in [0.2, 0.25) is 0 Å². The van der Waals surface area contributed by atoms with Crippen LogP contribution in [0.4, 0.5) is 4.39 Å². The maximum Gasteiger partial charge on any atom is 0.338 e. The molecular formula is C15H19FO2S. The Kier molecular flexibility index (Phi) is 4.50. The minimum Gasteiger partial charge on any atom is -0.478 e. The first kappa shape index (κ1) is 14.4. The number of hydrogen-bond donors (Lipinski definition) is 1. The molecule has 0 saturated heterocycles. The van der Waals surface area contributed by atoms with E-state index in [-0.39, 0.29) is 5.56 Å². The highest BCUT2D eigenvalue weighted by atomic mass is 32.2. The second-order valence-electron chi connectivity index (χ2n) is 5.45. The summed E-state index contributed by atoms with van der Waals surface area (Å²) in [4.78, 5) is 11.8. The Morgan fingerprint density at radius 1 is 1.32 bits per heavy atom. The zero-order valence-electron chi connectivity index (χ0n) is 11.2. The van der Waals surface area contributed by atoms with Crippen LogP contribution in [0.3, 0.4) is 0 Å². The van der Waals surface area contributed by atoms with Gasteiger partial charge in [-0.3, -0.25) is 0 Å². The Balaban J connectivity index is 2.07. The van der Waals surface area contributed by atoms with Crippen LogP contribution in [0.15, 0.2) is 23.1 Å². The second kappa shape index (κ2) is 5.95. The lowest BCUT2D eigenvalue weighted by Gasteiger charge is -2.31. The van der Waals surface area contributed by atoms with Gasteiger partial charge >= 0.3 is 5.97 Å². The minimum atomic E-state index is -1.20. The molecule has 4 heteroatoms. The number of rotatable bonds is 3. The van der Waals surface area contributed by atoms with Gasteiger partial charge in [-0.2, -0.15) is 0 Å². The van der Waals surface area contributed by atoms with Gasteiger partial charge in [0, 0.05) is 10.1 Å². The van der Waals surface area contributed by atoms with E-state index >= 15 is 0 Å². The summed E-state index contributed by atoms with van der Waals surface area (Å²) in [5.41, 5.74) is -0.234. The predicted octanol–water partition coefficient (Wildman–Crippen LogP) is 4.44. The van der Waals surface area contributed by atoms with Gasteiger partial charge in [0.1, 0.15) is 5.82 Å². The zero-order chi connectivity index (χ0) is 14.0. The van der Waals surface area contributed by atoms with Gasteiger partial charge < -0.3 is 5.11 Å². The summed E-state index contributed by atoms with van der Waals surface area (Å²) in [7, 11) is 0. The summed E-state index contributed by atoms with van der Waals surface area (Å²) >= 11 is 1.68. The lowest BCUT2D eigenvalue weighted by molar-refractivity contribution is 0.0691. The average Bonchev–Trinajstić information content (AvgIpc) is 2.36. The third-order valence-corrected chi connectivity index (χ3v) is 5.31. The number of halogens is 1. The second-order valence-corrected chi connectivity index (χ2v) is 6.83. The standard InChI is InChI=1S/C15H19FO2S/c1-9-3-4-11(7-10(9)2)19-12-5-6-14(16)13(8-12)15(17)18/h5-6,8-11H,3-4,7H2,1-2H3,(H,17,18). The number of carbonyl (C=O) groups is 1. The fraction of sp³-hybridized carbons (Fsp3) is 0.533. The first-order valence-corrected chi connectivity index (χ1v) is 7.55. The molecule has 1 aromatic rings. The molecule has 1 saturated carbocycles. The third-order valence-electron chi connectivity index (χ3n) is 4.02. The van der Waals surface area contributed by atoms with Crippen molar-refractivity contribution in [1.82, 2.24) is 0 Å². The van der Waals surface area contributed by atoms with E-state index in [0.717, 1.165) is 23.7 Å². The van der Waals surface area contributed by atoms with Gasteiger partial charge in [-0.25, -0.2) is 9.18 Å². The largest absolute Gasteiger partial charge is 0.478 e. The fourth-order valence-electron chi connectivity index (χ4n) is 2.54. The average molecular weight is 282 g/mol. The number of benzene rings is 1. The van der Waals surface area contributed by atoms with Crippen LogP contribution < -0.4 is 0 Å². The molecule has 0 heterocycles. The van der Waals surface area contributed by atoms with Crippen LogP contribution in [0, 0.1) is 17.7 Å². The van der Waals surface area contributed by atoms with E-state index in [2.05, 4.69) is 13.8 Å². The SMILES string of the molecule is CC1CCC(Sc2ccc(F)c(C(=O)O)c2)CC1C. The van der Waals surface area contributed by atoms with Crippen molar-refractivity contribution in [3.8, 4) is 0 Å². The number of carboxylic acid groups (broad SMARTS) is 1. The van der Waals surface area contributed by atoms with Crippen molar-refractivity contribution in [3.63, 3.8) is 0 Å². The van der Waals surface area contributed by atoms with Gasteiger partial charge in [0.2, 0.25) is 0 Å². The maximum atomic E-state index is 13.3. The number of carboxylic acids is 1. The van der Waals surface area contributed by atoms with E-state index in [1.54, 1.807) is 17.8 Å². The summed E-state index contributed by atoms with van der Waals surface area (Å²) in [5, 5.41) is 9.44. The predicted molar refractivity (Wildman–Crippen MR) is 75.2 cm³/mol. The van der Waals surface area contributed by atoms with E-state index in [1.807, 2.05) is 0 Å². The third kappa shape index (κ3) is 3.50. The molecule has 0 aliphatic heterocycles. The van der Waals surface area contributed by atoms with E-state index in [1.165, 1.54) is 18.6 Å². The van der Waals surface area contributed by atoms with Crippen LogP contribution in [0.1, 0.15) is 43.5 Å². The van der Waals surface area contributed by atoms with Crippen molar-refractivity contribution in [2.45, 2.75) is 43.3 Å². The molecule has 1 N–H and O–H groups in total. The molecule has 2 rings (SSSR count). The Morgan fingerprint density at radius 3 is 2.68 bits per heavy atom. The monoisotopic (exact) mass is 282 g/mol. The van der Waals surface area contributed by atoms with Crippen molar-refractivity contribution in [3.05, 3.63) is 29.6 Å². The van der Waals surface area contributed by atoms with Gasteiger partial charge in [0.15, 0.2) is 0 Å².